The Morgan fingerprint density at radius 1 is 1.43 bits per heavy atom. The number of nitrogen functional groups attached to an aromatic ring is 1. The number of unbranched alkanes of at least 4 members (excludes halogenated alkanes) is 1. The van der Waals surface area contributed by atoms with Gasteiger partial charge in [-0.25, -0.2) is 4.39 Å². The van der Waals surface area contributed by atoms with Crippen LogP contribution >= 0.6 is 11.8 Å². The van der Waals surface area contributed by atoms with Crippen LogP contribution in [0.25, 0.3) is 0 Å². The average Bonchev–Trinajstić information content (AvgIpc) is 2.11. The predicted octanol–water partition coefficient (Wildman–Crippen LogP) is 2.91. The molecule has 0 radical (unpaired) electrons. The standard InChI is InChI=1S/C11H12FNS/c1-2-3-4-5-14-11-7-9(12)6-10(13)8-11/h1,6-8H,3-5,13H2. The summed E-state index contributed by atoms with van der Waals surface area (Å²) < 4.78 is 12.9. The Morgan fingerprint density at radius 2 is 2.21 bits per heavy atom. The predicted molar refractivity (Wildman–Crippen MR) is 59.6 cm³/mol. The summed E-state index contributed by atoms with van der Waals surface area (Å²) in [6, 6.07) is 4.56. The van der Waals surface area contributed by atoms with Crippen molar-refractivity contribution in [1.82, 2.24) is 0 Å². The Bertz CT molecular complexity index is 323. The van der Waals surface area contributed by atoms with E-state index in [9.17, 15) is 4.39 Å². The van der Waals surface area contributed by atoms with Crippen molar-refractivity contribution in [2.45, 2.75) is 17.7 Å². The Kier molecular flexibility index (Phi) is 4.34. The molecule has 0 spiro atoms. The number of thioether (sulfide) groups is 1. The van der Waals surface area contributed by atoms with Crippen molar-refractivity contribution in [1.29, 1.82) is 0 Å². The number of anilines is 1. The van der Waals surface area contributed by atoms with E-state index in [0.717, 1.165) is 23.5 Å². The zero-order valence-corrected chi connectivity index (χ0v) is 8.61. The van der Waals surface area contributed by atoms with Crippen molar-refractivity contribution < 1.29 is 4.39 Å². The number of halogens is 1. The lowest BCUT2D eigenvalue weighted by atomic mass is 10.3. The maximum atomic E-state index is 12.9. The second-order valence-electron chi connectivity index (χ2n) is 2.88. The fourth-order valence-corrected chi connectivity index (χ4v) is 1.97. The van der Waals surface area contributed by atoms with Gasteiger partial charge in [0.15, 0.2) is 0 Å². The summed E-state index contributed by atoms with van der Waals surface area (Å²) in [5, 5.41) is 0. The molecule has 0 aromatic heterocycles. The van der Waals surface area contributed by atoms with Crippen molar-refractivity contribution in [3.63, 3.8) is 0 Å². The van der Waals surface area contributed by atoms with E-state index in [4.69, 9.17) is 12.2 Å². The molecule has 0 heterocycles. The van der Waals surface area contributed by atoms with Crippen LogP contribution in [-0.4, -0.2) is 5.75 Å². The molecule has 1 rings (SSSR count). The lowest BCUT2D eigenvalue weighted by Crippen LogP contribution is -1.88. The van der Waals surface area contributed by atoms with E-state index in [1.807, 2.05) is 0 Å². The van der Waals surface area contributed by atoms with Gasteiger partial charge in [-0.2, -0.15) is 0 Å². The van der Waals surface area contributed by atoms with Gasteiger partial charge in [-0.3, -0.25) is 0 Å². The molecule has 0 unspecified atom stereocenters. The van der Waals surface area contributed by atoms with Gasteiger partial charge in [-0.05, 0) is 30.4 Å². The minimum Gasteiger partial charge on any atom is -0.399 e. The highest BCUT2D eigenvalue weighted by Gasteiger charge is 1.98. The number of nitrogens with two attached hydrogens (primary N) is 1. The van der Waals surface area contributed by atoms with Crippen LogP contribution in [0.5, 0.6) is 0 Å². The Balaban J connectivity index is 2.47. The minimum absolute atomic E-state index is 0.288. The molecule has 0 amide bonds. The molecule has 1 nitrogen and oxygen atoms in total. The highest BCUT2D eigenvalue weighted by Crippen LogP contribution is 2.22. The molecular weight excluding hydrogens is 197 g/mol. The number of rotatable bonds is 4. The first kappa shape index (κ1) is 10.9. The summed E-state index contributed by atoms with van der Waals surface area (Å²) in [5.41, 5.74) is 5.97. The highest BCUT2D eigenvalue weighted by molar-refractivity contribution is 7.99. The summed E-state index contributed by atoms with van der Waals surface area (Å²) in [6.45, 7) is 0. The van der Waals surface area contributed by atoms with Crippen LogP contribution in [0.4, 0.5) is 10.1 Å². The van der Waals surface area contributed by atoms with E-state index in [1.165, 1.54) is 12.1 Å². The molecule has 0 saturated carbocycles. The molecule has 0 atom stereocenters. The quantitative estimate of drug-likeness (QED) is 0.357. The van der Waals surface area contributed by atoms with Gasteiger partial charge in [-0.1, -0.05) is 0 Å². The summed E-state index contributed by atoms with van der Waals surface area (Å²) in [7, 11) is 0. The number of hydrogen-bond donors (Lipinski definition) is 1. The number of hydrogen-bond acceptors (Lipinski definition) is 2. The first-order valence-electron chi connectivity index (χ1n) is 4.34. The molecule has 1 aromatic rings. The van der Waals surface area contributed by atoms with Gasteiger partial charge < -0.3 is 5.73 Å². The summed E-state index contributed by atoms with van der Waals surface area (Å²) in [4.78, 5) is 0.861. The smallest absolute Gasteiger partial charge is 0.126 e. The molecule has 74 valence electrons. The Labute approximate surface area is 87.9 Å². The van der Waals surface area contributed by atoms with Crippen LogP contribution < -0.4 is 5.73 Å². The van der Waals surface area contributed by atoms with Gasteiger partial charge in [0.1, 0.15) is 5.82 Å². The van der Waals surface area contributed by atoms with E-state index in [1.54, 1.807) is 17.8 Å². The van der Waals surface area contributed by atoms with Gasteiger partial charge in [0.2, 0.25) is 0 Å². The van der Waals surface area contributed by atoms with Crippen molar-refractivity contribution in [2.24, 2.45) is 0 Å². The van der Waals surface area contributed by atoms with E-state index >= 15 is 0 Å². The lowest BCUT2D eigenvalue weighted by molar-refractivity contribution is 0.625. The van der Waals surface area contributed by atoms with Crippen molar-refractivity contribution in [3.8, 4) is 12.3 Å². The molecule has 0 bridgehead atoms. The molecule has 0 aliphatic carbocycles. The second kappa shape index (κ2) is 5.56. The van der Waals surface area contributed by atoms with E-state index in [2.05, 4.69) is 5.92 Å². The average molecular weight is 209 g/mol. The third-order valence-electron chi connectivity index (χ3n) is 1.63. The highest BCUT2D eigenvalue weighted by atomic mass is 32.2. The van der Waals surface area contributed by atoms with Gasteiger partial charge in [0.25, 0.3) is 0 Å². The number of terminal acetylenes is 1. The van der Waals surface area contributed by atoms with Crippen LogP contribution in [0.1, 0.15) is 12.8 Å². The minimum atomic E-state index is -0.288. The maximum absolute atomic E-state index is 12.9. The van der Waals surface area contributed by atoms with Crippen LogP contribution in [0, 0.1) is 18.2 Å². The van der Waals surface area contributed by atoms with E-state index in [-0.39, 0.29) is 5.82 Å². The van der Waals surface area contributed by atoms with Gasteiger partial charge >= 0.3 is 0 Å². The summed E-state index contributed by atoms with van der Waals surface area (Å²) in [6.07, 6.45) is 6.82. The molecule has 0 saturated heterocycles. The van der Waals surface area contributed by atoms with Gasteiger partial charge in [-0.15, -0.1) is 24.1 Å². The van der Waals surface area contributed by atoms with Gasteiger partial charge in [0.05, 0.1) is 0 Å². The Morgan fingerprint density at radius 3 is 2.86 bits per heavy atom. The third kappa shape index (κ3) is 3.71. The van der Waals surface area contributed by atoms with E-state index in [0.29, 0.717) is 5.69 Å². The van der Waals surface area contributed by atoms with Crippen LogP contribution in [0.15, 0.2) is 23.1 Å². The lowest BCUT2D eigenvalue weighted by Gasteiger charge is -2.01. The Hall–Kier alpha value is -1.14. The molecule has 0 aliphatic heterocycles. The largest absolute Gasteiger partial charge is 0.399 e. The van der Waals surface area contributed by atoms with Crippen molar-refractivity contribution >= 4 is 17.4 Å². The fourth-order valence-electron chi connectivity index (χ4n) is 1.03. The van der Waals surface area contributed by atoms with E-state index < -0.39 is 0 Å². The summed E-state index contributed by atoms with van der Waals surface area (Å²) >= 11 is 1.57. The van der Waals surface area contributed by atoms with Crippen molar-refractivity contribution in [2.75, 3.05) is 11.5 Å². The fraction of sp³-hybridized carbons (Fsp3) is 0.273. The monoisotopic (exact) mass is 209 g/mol. The second-order valence-corrected chi connectivity index (χ2v) is 4.04. The normalized spacial score (nSPS) is 9.71. The molecule has 1 aromatic carbocycles. The molecule has 2 N–H and O–H groups in total. The molecule has 0 aliphatic rings. The zero-order chi connectivity index (χ0) is 10.4. The van der Waals surface area contributed by atoms with Gasteiger partial charge in [0, 0.05) is 17.0 Å². The SMILES string of the molecule is C#CCCCSc1cc(N)cc(F)c1. The zero-order valence-electron chi connectivity index (χ0n) is 7.79. The van der Waals surface area contributed by atoms with Crippen LogP contribution in [0.3, 0.4) is 0 Å². The molecule has 14 heavy (non-hydrogen) atoms. The van der Waals surface area contributed by atoms with Crippen LogP contribution in [-0.2, 0) is 0 Å². The summed E-state index contributed by atoms with van der Waals surface area (Å²) in [5.74, 6) is 3.17. The first-order chi connectivity index (χ1) is 6.72. The first-order valence-corrected chi connectivity index (χ1v) is 5.33. The number of benzene rings is 1. The molecule has 0 fully saturated rings. The molecular formula is C11H12FNS. The molecule has 3 heteroatoms. The third-order valence-corrected chi connectivity index (χ3v) is 2.69. The topological polar surface area (TPSA) is 26.0 Å². The maximum Gasteiger partial charge on any atom is 0.126 e. The van der Waals surface area contributed by atoms with Crippen molar-refractivity contribution in [3.05, 3.63) is 24.0 Å². The van der Waals surface area contributed by atoms with Crippen LogP contribution in [0.2, 0.25) is 0 Å².